The molecule has 0 spiro atoms. The van der Waals surface area contributed by atoms with Gasteiger partial charge in [0, 0.05) is 43.2 Å². The molecule has 1 aliphatic heterocycles. The molecule has 138 valence electrons. The molecule has 0 bridgehead atoms. The van der Waals surface area contributed by atoms with Crippen LogP contribution in [-0.2, 0) is 0 Å². The quantitative estimate of drug-likeness (QED) is 0.565. The van der Waals surface area contributed by atoms with Crippen LogP contribution < -0.4 is 10.5 Å². The van der Waals surface area contributed by atoms with Crippen molar-refractivity contribution >= 4 is 22.1 Å². The smallest absolute Gasteiger partial charge is 0.293 e. The van der Waals surface area contributed by atoms with Gasteiger partial charge in [-0.15, -0.1) is 0 Å². The number of anilines is 1. The van der Waals surface area contributed by atoms with Gasteiger partial charge in [-0.3, -0.25) is 14.9 Å². The Morgan fingerprint density at radius 1 is 1.07 bits per heavy atom. The highest BCUT2D eigenvalue weighted by molar-refractivity contribution is 5.94. The van der Waals surface area contributed by atoms with Crippen LogP contribution in [0.15, 0.2) is 47.3 Å². The average Bonchev–Trinajstić information content (AvgIpc) is 2.69. The second-order valence-corrected chi connectivity index (χ2v) is 6.70. The third-order valence-corrected chi connectivity index (χ3v) is 4.99. The van der Waals surface area contributed by atoms with E-state index in [1.807, 2.05) is 24.1 Å². The molecule has 1 aromatic heterocycles. The topological polar surface area (TPSA) is 95.4 Å². The number of aromatic nitrogens is 2. The van der Waals surface area contributed by atoms with Crippen molar-refractivity contribution in [1.29, 1.82) is 0 Å². The molecule has 3 aromatic rings. The Morgan fingerprint density at radius 3 is 2.48 bits per heavy atom. The first-order valence-corrected chi connectivity index (χ1v) is 8.74. The number of benzene rings is 2. The largest absolute Gasteiger partial charge is 0.363 e. The summed E-state index contributed by atoms with van der Waals surface area (Å²) in [7, 11) is 2.04. The van der Waals surface area contributed by atoms with Gasteiger partial charge in [-0.05, 0) is 19.2 Å². The minimum atomic E-state index is -0.356. The Bertz CT molecular complexity index is 1070. The maximum Gasteiger partial charge on any atom is 0.293 e. The summed E-state index contributed by atoms with van der Waals surface area (Å²) < 4.78 is 0. The van der Waals surface area contributed by atoms with E-state index in [1.54, 1.807) is 30.3 Å². The Kier molecular flexibility index (Phi) is 4.33. The van der Waals surface area contributed by atoms with Gasteiger partial charge in [0.1, 0.15) is 5.69 Å². The molecule has 27 heavy (non-hydrogen) atoms. The number of H-pyrrole nitrogens is 1. The number of nitrogens with one attached hydrogen (secondary N) is 1. The molecule has 0 aliphatic carbocycles. The molecule has 2 heterocycles. The number of nitro groups is 1. The maximum atomic E-state index is 12.0. The number of hydrogen-bond donors (Lipinski definition) is 1. The zero-order chi connectivity index (χ0) is 19.0. The van der Waals surface area contributed by atoms with Crippen molar-refractivity contribution in [2.24, 2.45) is 0 Å². The van der Waals surface area contributed by atoms with Crippen LogP contribution in [0.5, 0.6) is 0 Å². The van der Waals surface area contributed by atoms with Gasteiger partial charge in [0.05, 0.1) is 16.0 Å². The SMILES string of the molecule is CN1CCN(c2ccc(-c3n[nH]c(=O)c4ccccc34)cc2[N+](=O)[O-])CC1. The first-order valence-electron chi connectivity index (χ1n) is 8.74. The Hall–Kier alpha value is -3.26. The second-order valence-electron chi connectivity index (χ2n) is 6.70. The lowest BCUT2D eigenvalue weighted by Gasteiger charge is -2.33. The van der Waals surface area contributed by atoms with E-state index in [2.05, 4.69) is 15.1 Å². The average molecular weight is 365 g/mol. The number of fused-ring (bicyclic) bond motifs is 1. The van der Waals surface area contributed by atoms with E-state index in [-0.39, 0.29) is 16.2 Å². The summed E-state index contributed by atoms with van der Waals surface area (Å²) >= 11 is 0. The van der Waals surface area contributed by atoms with Gasteiger partial charge in [-0.25, -0.2) is 5.10 Å². The highest BCUT2D eigenvalue weighted by Gasteiger charge is 2.24. The van der Waals surface area contributed by atoms with E-state index in [0.717, 1.165) is 26.2 Å². The molecule has 1 saturated heterocycles. The summed E-state index contributed by atoms with van der Waals surface area (Å²) in [6.45, 7) is 3.23. The second kappa shape index (κ2) is 6.81. The summed E-state index contributed by atoms with van der Waals surface area (Å²) in [4.78, 5) is 27.6. The molecule has 1 aliphatic rings. The van der Waals surface area contributed by atoms with Crippen molar-refractivity contribution < 1.29 is 4.92 Å². The van der Waals surface area contributed by atoms with E-state index in [9.17, 15) is 14.9 Å². The highest BCUT2D eigenvalue weighted by atomic mass is 16.6. The van der Waals surface area contributed by atoms with Gasteiger partial charge >= 0.3 is 0 Å². The fourth-order valence-electron chi connectivity index (χ4n) is 3.47. The van der Waals surface area contributed by atoms with Crippen LogP contribution in [0.3, 0.4) is 0 Å². The van der Waals surface area contributed by atoms with Gasteiger partial charge in [0.2, 0.25) is 0 Å². The zero-order valence-electron chi connectivity index (χ0n) is 14.9. The number of nitro benzene ring substituents is 1. The molecule has 0 saturated carbocycles. The third-order valence-electron chi connectivity index (χ3n) is 4.99. The molecule has 1 fully saturated rings. The summed E-state index contributed by atoms with van der Waals surface area (Å²) in [5.74, 6) is 0. The molecule has 0 unspecified atom stereocenters. The predicted molar refractivity (Wildman–Crippen MR) is 104 cm³/mol. The molecule has 4 rings (SSSR count). The minimum Gasteiger partial charge on any atom is -0.363 e. The number of nitrogens with zero attached hydrogens (tertiary/aromatic N) is 4. The van der Waals surface area contributed by atoms with Crippen LogP contribution in [-0.4, -0.2) is 53.2 Å². The van der Waals surface area contributed by atoms with E-state index in [0.29, 0.717) is 27.7 Å². The Morgan fingerprint density at radius 2 is 1.78 bits per heavy atom. The van der Waals surface area contributed by atoms with Crippen LogP contribution in [0, 0.1) is 10.1 Å². The van der Waals surface area contributed by atoms with Crippen LogP contribution in [0.2, 0.25) is 0 Å². The first kappa shape index (κ1) is 17.2. The van der Waals surface area contributed by atoms with Crippen molar-refractivity contribution in [2.75, 3.05) is 38.1 Å². The van der Waals surface area contributed by atoms with Gasteiger partial charge in [-0.1, -0.05) is 24.3 Å². The molecule has 8 nitrogen and oxygen atoms in total. The number of piperazine rings is 1. The monoisotopic (exact) mass is 365 g/mol. The van der Waals surface area contributed by atoms with Gasteiger partial charge in [0.25, 0.3) is 11.2 Å². The number of rotatable bonds is 3. The fraction of sp³-hybridized carbons (Fsp3) is 0.263. The molecule has 0 amide bonds. The van der Waals surface area contributed by atoms with Crippen molar-refractivity contribution in [2.45, 2.75) is 0 Å². The van der Waals surface area contributed by atoms with Gasteiger partial charge in [0.15, 0.2) is 0 Å². The van der Waals surface area contributed by atoms with Crippen LogP contribution in [0.4, 0.5) is 11.4 Å². The van der Waals surface area contributed by atoms with E-state index >= 15 is 0 Å². The lowest BCUT2D eigenvalue weighted by atomic mass is 10.0. The summed E-state index contributed by atoms with van der Waals surface area (Å²) in [6.07, 6.45) is 0. The highest BCUT2D eigenvalue weighted by Crippen LogP contribution is 2.34. The van der Waals surface area contributed by atoms with Crippen molar-refractivity contribution in [3.8, 4) is 11.3 Å². The lowest BCUT2D eigenvalue weighted by molar-refractivity contribution is -0.384. The molecule has 2 aromatic carbocycles. The minimum absolute atomic E-state index is 0.0501. The summed E-state index contributed by atoms with van der Waals surface area (Å²) in [5.41, 5.74) is 1.52. The van der Waals surface area contributed by atoms with Gasteiger partial charge < -0.3 is 9.80 Å². The molecule has 1 N–H and O–H groups in total. The van der Waals surface area contributed by atoms with Crippen LogP contribution in [0.1, 0.15) is 0 Å². The van der Waals surface area contributed by atoms with Crippen molar-refractivity contribution in [3.63, 3.8) is 0 Å². The maximum absolute atomic E-state index is 12.0. The first-order chi connectivity index (χ1) is 13.0. The standard InChI is InChI=1S/C19H19N5O3/c1-22-8-10-23(11-9-22)16-7-6-13(12-17(16)24(26)27)18-14-4-2-3-5-15(14)19(25)21-20-18/h2-7,12H,8-11H2,1H3,(H,21,25). The zero-order valence-corrected chi connectivity index (χ0v) is 14.9. The fourth-order valence-corrected chi connectivity index (χ4v) is 3.47. The third kappa shape index (κ3) is 3.15. The van der Waals surface area contributed by atoms with Crippen LogP contribution >= 0.6 is 0 Å². The molecule has 0 radical (unpaired) electrons. The Balaban J connectivity index is 1.82. The number of aromatic amines is 1. The molecule has 8 heteroatoms. The molecular weight excluding hydrogens is 346 g/mol. The Labute approximate surface area is 155 Å². The van der Waals surface area contributed by atoms with Crippen molar-refractivity contribution in [3.05, 3.63) is 62.9 Å². The van der Waals surface area contributed by atoms with Gasteiger partial charge in [-0.2, -0.15) is 5.10 Å². The summed E-state index contributed by atoms with van der Waals surface area (Å²) in [6, 6.07) is 12.3. The van der Waals surface area contributed by atoms with Crippen LogP contribution in [0.25, 0.3) is 22.0 Å². The molecule has 0 atom stereocenters. The number of hydrogen-bond acceptors (Lipinski definition) is 6. The van der Waals surface area contributed by atoms with E-state index < -0.39 is 0 Å². The normalized spacial score (nSPS) is 15.2. The summed E-state index contributed by atoms with van der Waals surface area (Å²) in [5, 5.41) is 19.5. The lowest BCUT2D eigenvalue weighted by Crippen LogP contribution is -2.44. The molecular formula is C19H19N5O3. The van der Waals surface area contributed by atoms with Crippen molar-refractivity contribution in [1.82, 2.24) is 15.1 Å². The van der Waals surface area contributed by atoms with E-state index in [4.69, 9.17) is 0 Å². The number of likely N-dealkylation sites (N-methyl/N-ethyl adjacent to an activating group) is 1. The van der Waals surface area contributed by atoms with E-state index in [1.165, 1.54) is 0 Å². The predicted octanol–water partition coefficient (Wildman–Crippen LogP) is 2.25.